The lowest BCUT2D eigenvalue weighted by molar-refractivity contribution is -0.134. The highest BCUT2D eigenvalue weighted by Gasteiger charge is 2.27. The summed E-state index contributed by atoms with van der Waals surface area (Å²) in [5, 5.41) is 22.0. The molecule has 0 bridgehead atoms. The summed E-state index contributed by atoms with van der Waals surface area (Å²) in [6, 6.07) is 6.50. The van der Waals surface area contributed by atoms with Gasteiger partial charge >= 0.3 is 6.09 Å². The molecule has 1 aromatic rings. The highest BCUT2D eigenvalue weighted by molar-refractivity contribution is 6.13. The number of hydrogen-bond acceptors (Lipinski definition) is 5. The van der Waals surface area contributed by atoms with Crippen LogP contribution in [0.25, 0.3) is 0 Å². The number of likely N-dealkylation sites (tertiary alicyclic amines) is 1. The van der Waals surface area contributed by atoms with E-state index in [9.17, 15) is 19.5 Å². The van der Waals surface area contributed by atoms with Gasteiger partial charge in [0.1, 0.15) is 5.84 Å². The van der Waals surface area contributed by atoms with Crippen LogP contribution >= 0.6 is 0 Å². The maximum atomic E-state index is 13.0. The second-order valence-electron chi connectivity index (χ2n) is 8.09. The minimum atomic E-state index is -0.749. The Morgan fingerprint density at radius 2 is 1.73 bits per heavy atom. The van der Waals surface area contributed by atoms with Gasteiger partial charge in [0, 0.05) is 36.6 Å². The van der Waals surface area contributed by atoms with E-state index in [1.165, 1.54) is 0 Å². The molecule has 1 aliphatic rings. The molecule has 1 heterocycles. The van der Waals surface area contributed by atoms with E-state index < -0.39 is 18.1 Å². The monoisotopic (exact) mass is 416 g/mol. The third-order valence-electron chi connectivity index (χ3n) is 4.96. The molecule has 1 atom stereocenters. The summed E-state index contributed by atoms with van der Waals surface area (Å²) in [6.07, 6.45) is -0.459. The van der Waals surface area contributed by atoms with Gasteiger partial charge in [-0.2, -0.15) is 0 Å². The number of hydrogen-bond donors (Lipinski definition) is 2. The molecule has 0 aliphatic carbocycles. The van der Waals surface area contributed by atoms with Crippen molar-refractivity contribution in [3.05, 3.63) is 35.4 Å². The van der Waals surface area contributed by atoms with Crippen molar-refractivity contribution in [3.8, 4) is 0 Å². The summed E-state index contributed by atoms with van der Waals surface area (Å²) < 4.78 is 5.02. The van der Waals surface area contributed by atoms with Crippen LogP contribution in [0, 0.1) is 17.2 Å². The summed E-state index contributed by atoms with van der Waals surface area (Å²) in [7, 11) is 0. The molecular formula is C22H30N3O5. The molecule has 1 radical (unpaired) electrons. The topological polar surface area (TPSA) is 119 Å². The maximum Gasteiger partial charge on any atom is 0.412 e. The molecule has 1 unspecified atom stereocenters. The first-order valence-corrected chi connectivity index (χ1v) is 10.3. The second-order valence-corrected chi connectivity index (χ2v) is 8.09. The van der Waals surface area contributed by atoms with Crippen molar-refractivity contribution < 1.29 is 24.2 Å². The Kier molecular flexibility index (Phi) is 8.53. The highest BCUT2D eigenvalue weighted by Crippen LogP contribution is 2.19. The van der Waals surface area contributed by atoms with Gasteiger partial charge in [-0.3, -0.25) is 20.3 Å². The molecule has 1 aromatic carbocycles. The van der Waals surface area contributed by atoms with Crippen molar-refractivity contribution >= 4 is 23.6 Å². The summed E-state index contributed by atoms with van der Waals surface area (Å²) in [5.74, 6) is -1.09. The van der Waals surface area contributed by atoms with Gasteiger partial charge in [0.05, 0.1) is 12.7 Å². The first kappa shape index (κ1) is 23.5. The Morgan fingerprint density at radius 3 is 2.33 bits per heavy atom. The lowest BCUT2D eigenvalue weighted by Gasteiger charge is -2.29. The minimum Gasteiger partial charge on any atom is -0.449 e. The van der Waals surface area contributed by atoms with E-state index in [-0.39, 0.29) is 47.6 Å². The average molecular weight is 416 g/mol. The summed E-state index contributed by atoms with van der Waals surface area (Å²) in [5.41, 5.74) is 0.542. The van der Waals surface area contributed by atoms with Crippen molar-refractivity contribution in [3.63, 3.8) is 0 Å². The van der Waals surface area contributed by atoms with Crippen LogP contribution in [-0.2, 0) is 14.6 Å². The number of ketones is 1. The van der Waals surface area contributed by atoms with Gasteiger partial charge in [0.15, 0.2) is 5.78 Å². The van der Waals surface area contributed by atoms with Gasteiger partial charge in [-0.15, -0.1) is 0 Å². The van der Waals surface area contributed by atoms with Crippen molar-refractivity contribution in [2.24, 2.45) is 11.8 Å². The first-order valence-electron chi connectivity index (χ1n) is 10.3. The van der Waals surface area contributed by atoms with Gasteiger partial charge in [0.25, 0.3) is 0 Å². The summed E-state index contributed by atoms with van der Waals surface area (Å²) >= 11 is 0. The fourth-order valence-corrected chi connectivity index (χ4v) is 3.22. The van der Waals surface area contributed by atoms with E-state index in [1.54, 1.807) is 36.1 Å². The van der Waals surface area contributed by atoms with Crippen LogP contribution in [0.1, 0.15) is 56.0 Å². The number of carbonyl (C=O) groups excluding carboxylic acids is 3. The number of ether oxygens (including phenoxy) is 1. The second kappa shape index (κ2) is 10.9. The molecule has 0 spiro atoms. The van der Waals surface area contributed by atoms with Crippen LogP contribution in [0.3, 0.4) is 0 Å². The Bertz CT molecular complexity index is 785. The fraction of sp³-hybridized carbons (Fsp3) is 0.545. The standard InChI is InChI=1S/C22H30N3O5/c1-14(2)13-30-22(29)24-21(23)18-7-5-4-6-17(18)20(28)15(3)12-19(27)25-10-8-16(26)9-11-25/h4-7,14-16H,8-13H2,1-3H3,(H2,23,24,29). The van der Waals surface area contributed by atoms with Crippen LogP contribution in [0.15, 0.2) is 24.3 Å². The largest absolute Gasteiger partial charge is 0.449 e. The lowest BCUT2D eigenvalue weighted by Crippen LogP contribution is -2.40. The molecule has 2 N–H and O–H groups in total. The SMILES string of the molecule is CC(C)COC(=O)NC(=N)c1ccccc1C(=O)C(C)CC(=O)N1CCC([O])CC1. The number of amidine groups is 1. The van der Waals surface area contributed by atoms with Gasteiger partial charge in [-0.1, -0.05) is 45.0 Å². The summed E-state index contributed by atoms with van der Waals surface area (Å²) in [4.78, 5) is 39.0. The number of nitrogens with zero attached hydrogens (tertiary/aromatic N) is 1. The average Bonchev–Trinajstić information content (AvgIpc) is 2.72. The highest BCUT2D eigenvalue weighted by atomic mass is 16.5. The molecule has 0 aromatic heterocycles. The van der Waals surface area contributed by atoms with E-state index in [4.69, 9.17) is 10.1 Å². The van der Waals surface area contributed by atoms with E-state index >= 15 is 0 Å². The van der Waals surface area contributed by atoms with Crippen LogP contribution in [-0.4, -0.2) is 54.3 Å². The van der Waals surface area contributed by atoms with Gasteiger partial charge in [-0.05, 0) is 18.8 Å². The summed E-state index contributed by atoms with van der Waals surface area (Å²) in [6.45, 7) is 6.55. The minimum absolute atomic E-state index is 0.0356. The molecule has 163 valence electrons. The lowest BCUT2D eigenvalue weighted by atomic mass is 9.92. The molecule has 1 fully saturated rings. The Labute approximate surface area is 177 Å². The number of Topliss-reactive ketones (excluding diaryl/α,β-unsaturated/α-hetero) is 1. The third kappa shape index (κ3) is 6.66. The van der Waals surface area contributed by atoms with Crippen molar-refractivity contribution in [2.45, 2.75) is 46.1 Å². The zero-order chi connectivity index (χ0) is 22.3. The van der Waals surface area contributed by atoms with Crippen molar-refractivity contribution in [1.82, 2.24) is 10.2 Å². The number of rotatable bonds is 7. The van der Waals surface area contributed by atoms with E-state index in [0.29, 0.717) is 25.9 Å². The first-order chi connectivity index (χ1) is 14.2. The van der Waals surface area contributed by atoms with E-state index in [0.717, 1.165) is 0 Å². The third-order valence-corrected chi connectivity index (χ3v) is 4.96. The zero-order valence-electron chi connectivity index (χ0n) is 17.8. The molecule has 8 nitrogen and oxygen atoms in total. The molecule has 1 aliphatic heterocycles. The van der Waals surface area contributed by atoms with Gasteiger partial charge < -0.3 is 9.64 Å². The molecular weight excluding hydrogens is 386 g/mol. The molecule has 0 saturated carbocycles. The quantitative estimate of drug-likeness (QED) is 0.403. The van der Waals surface area contributed by atoms with Crippen LogP contribution in [0.4, 0.5) is 4.79 Å². The smallest absolute Gasteiger partial charge is 0.412 e. The number of nitrogens with one attached hydrogen (secondary N) is 2. The Balaban J connectivity index is 2.02. The maximum absolute atomic E-state index is 13.0. The number of benzene rings is 1. The van der Waals surface area contributed by atoms with Crippen LogP contribution in [0.5, 0.6) is 0 Å². The predicted octanol–water partition coefficient (Wildman–Crippen LogP) is 3.02. The van der Waals surface area contributed by atoms with Gasteiger partial charge in [-0.25, -0.2) is 9.90 Å². The van der Waals surface area contributed by atoms with E-state index in [2.05, 4.69) is 5.32 Å². The molecule has 8 heteroatoms. The molecule has 2 amide bonds. The molecule has 1 saturated heterocycles. The number of amides is 2. The Morgan fingerprint density at radius 1 is 1.13 bits per heavy atom. The normalized spacial score (nSPS) is 15.6. The van der Waals surface area contributed by atoms with Gasteiger partial charge in [0.2, 0.25) is 5.91 Å². The Hall–Kier alpha value is -2.74. The van der Waals surface area contributed by atoms with Crippen molar-refractivity contribution in [1.29, 1.82) is 5.41 Å². The van der Waals surface area contributed by atoms with E-state index in [1.807, 2.05) is 13.8 Å². The van der Waals surface area contributed by atoms with Crippen LogP contribution < -0.4 is 5.32 Å². The van der Waals surface area contributed by atoms with Crippen molar-refractivity contribution in [2.75, 3.05) is 19.7 Å². The number of alkyl carbamates (subject to hydrolysis) is 1. The molecule has 30 heavy (non-hydrogen) atoms. The molecule has 2 rings (SSSR count). The predicted molar refractivity (Wildman–Crippen MR) is 111 cm³/mol. The van der Waals surface area contributed by atoms with Crippen LogP contribution in [0.2, 0.25) is 0 Å². The fourth-order valence-electron chi connectivity index (χ4n) is 3.22. The zero-order valence-corrected chi connectivity index (χ0v) is 17.8. The number of piperidine rings is 1. The number of carbonyl (C=O) groups is 3.